The lowest BCUT2D eigenvalue weighted by atomic mass is 9.98. The summed E-state index contributed by atoms with van der Waals surface area (Å²) < 4.78 is 0.644. The lowest BCUT2D eigenvalue weighted by Gasteiger charge is -2.16. The Morgan fingerprint density at radius 1 is 1.18 bits per heavy atom. The van der Waals surface area contributed by atoms with Gasteiger partial charge >= 0.3 is 0 Å². The van der Waals surface area contributed by atoms with E-state index < -0.39 is 0 Å². The minimum Gasteiger partial charge on any atom is -1.00 e. The fourth-order valence-electron chi connectivity index (χ4n) is 1.51. The van der Waals surface area contributed by atoms with Crippen LogP contribution in [0.15, 0.2) is 35.4 Å². The first-order valence-electron chi connectivity index (χ1n) is 5.92. The predicted molar refractivity (Wildman–Crippen MR) is 70.5 cm³/mol. The normalized spacial score (nSPS) is 13.4. The highest BCUT2D eigenvalue weighted by atomic mass is 127. The number of halogens is 1. The van der Waals surface area contributed by atoms with Crippen molar-refractivity contribution in [2.75, 3.05) is 21.1 Å². The summed E-state index contributed by atoms with van der Waals surface area (Å²) in [6, 6.07) is 10.6. The molecule has 1 rings (SSSR count). The molecule has 0 fully saturated rings. The van der Waals surface area contributed by atoms with E-state index in [1.807, 2.05) is 0 Å². The van der Waals surface area contributed by atoms with E-state index >= 15 is 0 Å². The fraction of sp³-hybridized carbons (Fsp3) is 0.500. The monoisotopic (exact) mass is 346 g/mol. The molecule has 17 heavy (non-hydrogen) atoms. The van der Waals surface area contributed by atoms with Crippen LogP contribution in [0.4, 0.5) is 0 Å². The van der Waals surface area contributed by atoms with Gasteiger partial charge in [0.1, 0.15) is 0 Å². The van der Waals surface area contributed by atoms with Gasteiger partial charge in [-0.2, -0.15) is 0 Å². The van der Waals surface area contributed by atoms with Crippen molar-refractivity contribution in [3.8, 4) is 0 Å². The molecule has 1 unspecified atom stereocenters. The van der Waals surface area contributed by atoms with E-state index in [-0.39, 0.29) is 24.0 Å². The Morgan fingerprint density at radius 2 is 1.76 bits per heavy atom. The smallest absolute Gasteiger partial charge is 0.0923 e. The lowest BCUT2D eigenvalue weighted by Crippen LogP contribution is -3.00. The molecule has 0 radical (unpaired) electrons. The zero-order valence-corrected chi connectivity index (χ0v) is 13.4. The Kier molecular flexibility index (Phi) is 7.63. The third-order valence-electron chi connectivity index (χ3n) is 2.49. The van der Waals surface area contributed by atoms with Gasteiger partial charge in [-0.3, -0.25) is 0 Å². The van der Waals surface area contributed by atoms with Crippen LogP contribution in [0.5, 0.6) is 0 Å². The van der Waals surface area contributed by atoms with Crippen molar-refractivity contribution in [2.45, 2.75) is 19.8 Å². The maximum Gasteiger partial charge on any atom is 0.0923 e. The van der Waals surface area contributed by atoms with Crippen LogP contribution in [0, 0.1) is 5.92 Å². The highest BCUT2D eigenvalue weighted by molar-refractivity contribution is 5.60. The molecule has 0 heterocycles. The van der Waals surface area contributed by atoms with Crippen LogP contribution in [-0.2, 0) is 6.42 Å². The minimum absolute atomic E-state index is 0. The van der Waals surface area contributed by atoms with Crippen LogP contribution >= 0.6 is 0 Å². The van der Waals surface area contributed by atoms with Crippen molar-refractivity contribution in [1.29, 1.82) is 0 Å². The van der Waals surface area contributed by atoms with Gasteiger partial charge in [-0.05, 0) is 18.4 Å². The summed E-state index contributed by atoms with van der Waals surface area (Å²) in [5.74, 6) is 0.541. The molecule has 2 nitrogen and oxygen atoms in total. The van der Waals surface area contributed by atoms with Gasteiger partial charge in [0.2, 0.25) is 0 Å². The molecule has 3 heteroatoms. The van der Waals surface area contributed by atoms with Crippen molar-refractivity contribution in [3.63, 3.8) is 0 Å². The summed E-state index contributed by atoms with van der Waals surface area (Å²) in [4.78, 5) is 0. The predicted octanol–water partition coefficient (Wildman–Crippen LogP) is -0.0487. The number of rotatable bonds is 5. The van der Waals surface area contributed by atoms with E-state index in [1.54, 1.807) is 0 Å². The average Bonchev–Trinajstić information content (AvgIpc) is 2.24. The van der Waals surface area contributed by atoms with Gasteiger partial charge in [0.05, 0.1) is 27.4 Å². The van der Waals surface area contributed by atoms with Gasteiger partial charge in [0.25, 0.3) is 0 Å². The van der Waals surface area contributed by atoms with E-state index in [0.717, 1.165) is 12.8 Å². The topological polar surface area (TPSA) is 12.4 Å². The molecule has 0 aliphatic heterocycles. The van der Waals surface area contributed by atoms with Crippen molar-refractivity contribution in [1.82, 2.24) is 0 Å². The third kappa shape index (κ3) is 7.49. The van der Waals surface area contributed by atoms with Crippen LogP contribution in [-0.4, -0.2) is 31.9 Å². The number of hydrogen-bond donors (Lipinski definition) is 0. The first-order valence-corrected chi connectivity index (χ1v) is 5.92. The summed E-state index contributed by atoms with van der Waals surface area (Å²) >= 11 is 0. The molecular formula is C14H23IN2. The van der Waals surface area contributed by atoms with Crippen molar-refractivity contribution in [3.05, 3.63) is 35.9 Å². The zero-order chi connectivity index (χ0) is 12.0. The van der Waals surface area contributed by atoms with Crippen LogP contribution < -0.4 is 24.0 Å². The molecule has 0 aliphatic carbocycles. The average molecular weight is 346 g/mol. The number of benzene rings is 1. The Bertz CT molecular complexity index is 328. The molecule has 96 valence electrons. The largest absolute Gasteiger partial charge is 1.00 e. The highest BCUT2D eigenvalue weighted by Crippen LogP contribution is 2.10. The fourth-order valence-corrected chi connectivity index (χ4v) is 1.51. The molecule has 1 atom stereocenters. The molecular weight excluding hydrogens is 323 g/mol. The molecule has 0 saturated carbocycles. The first kappa shape index (κ1) is 16.6. The molecule has 0 aliphatic rings. The quantitative estimate of drug-likeness (QED) is 0.307. The molecule has 0 amide bonds. The van der Waals surface area contributed by atoms with Gasteiger partial charge in [0, 0.05) is 5.92 Å². The molecule has 0 spiro atoms. The molecule has 0 aromatic heterocycles. The van der Waals surface area contributed by atoms with Crippen LogP contribution in [0.3, 0.4) is 0 Å². The third-order valence-corrected chi connectivity index (χ3v) is 2.49. The van der Waals surface area contributed by atoms with E-state index in [4.69, 9.17) is 0 Å². The second-order valence-electron chi connectivity index (χ2n) is 5.06. The second kappa shape index (κ2) is 7.82. The van der Waals surface area contributed by atoms with Crippen LogP contribution in [0.25, 0.3) is 0 Å². The number of nitrogens with zero attached hydrogens (tertiary/aromatic N) is 2. The van der Waals surface area contributed by atoms with Gasteiger partial charge in [0.15, 0.2) is 0 Å². The van der Waals surface area contributed by atoms with Crippen molar-refractivity contribution < 1.29 is 28.6 Å². The summed E-state index contributed by atoms with van der Waals surface area (Å²) in [6.45, 7) is 2.22. The SMILES string of the molecule is CCC(/C=N/[N+](C)(C)C)Cc1ccccc1.[I-]. The highest BCUT2D eigenvalue weighted by Gasteiger charge is 2.08. The summed E-state index contributed by atoms with van der Waals surface area (Å²) in [6.07, 6.45) is 4.33. The van der Waals surface area contributed by atoms with Crippen LogP contribution in [0.1, 0.15) is 18.9 Å². The zero-order valence-electron chi connectivity index (χ0n) is 11.2. The second-order valence-corrected chi connectivity index (χ2v) is 5.06. The van der Waals surface area contributed by atoms with Crippen molar-refractivity contribution in [2.24, 2.45) is 11.0 Å². The summed E-state index contributed by atoms with van der Waals surface area (Å²) in [5, 5.41) is 4.54. The maximum atomic E-state index is 4.54. The lowest BCUT2D eigenvalue weighted by molar-refractivity contribution is -0.876. The molecule has 1 aromatic carbocycles. The molecule has 0 N–H and O–H groups in total. The van der Waals surface area contributed by atoms with E-state index in [2.05, 4.69) is 69.7 Å². The molecule has 0 bridgehead atoms. The van der Waals surface area contributed by atoms with Gasteiger partial charge in [-0.15, -0.1) is 0 Å². The standard InChI is InChI=1S/C14H23N2.HI/c1-5-13(12-15-16(2,3)4)11-14-9-7-6-8-10-14;/h6-10,12-13H,5,11H2,1-4H3;1H/q+1;/p-1/b15-12+;. The Morgan fingerprint density at radius 3 is 2.24 bits per heavy atom. The summed E-state index contributed by atoms with van der Waals surface area (Å²) in [7, 11) is 6.23. The molecule has 0 saturated heterocycles. The first-order chi connectivity index (χ1) is 7.51. The Labute approximate surface area is 122 Å². The Balaban J connectivity index is 0.00000256. The van der Waals surface area contributed by atoms with Gasteiger partial charge in [-0.25, -0.2) is 4.59 Å². The Hall–Kier alpha value is -0.420. The van der Waals surface area contributed by atoms with E-state index in [9.17, 15) is 0 Å². The summed E-state index contributed by atoms with van der Waals surface area (Å²) in [5.41, 5.74) is 1.39. The van der Waals surface area contributed by atoms with Gasteiger partial charge in [-0.1, -0.05) is 42.4 Å². The van der Waals surface area contributed by atoms with E-state index in [0.29, 0.717) is 10.5 Å². The van der Waals surface area contributed by atoms with Crippen molar-refractivity contribution >= 4 is 6.21 Å². The minimum atomic E-state index is 0. The number of hydrogen-bond acceptors (Lipinski definition) is 1. The maximum absolute atomic E-state index is 4.54. The molecule has 1 aromatic rings. The number of quaternary nitrogens is 1. The van der Waals surface area contributed by atoms with Gasteiger partial charge < -0.3 is 24.0 Å². The van der Waals surface area contributed by atoms with E-state index in [1.165, 1.54) is 5.56 Å². The van der Waals surface area contributed by atoms with Crippen LogP contribution in [0.2, 0.25) is 0 Å².